The average molecular weight is 358 g/mol. The van der Waals surface area contributed by atoms with Gasteiger partial charge in [0.2, 0.25) is 5.75 Å². The van der Waals surface area contributed by atoms with Crippen molar-refractivity contribution in [3.8, 4) is 5.75 Å². The second-order valence-electron chi connectivity index (χ2n) is 4.14. The second kappa shape index (κ2) is 6.34. The molecule has 0 aliphatic carbocycles. The smallest absolute Gasteiger partial charge is 0.312 e. The zero-order chi connectivity index (χ0) is 14.7. The molecule has 5 nitrogen and oxygen atoms in total. The molecular weight excluding hydrogens is 346 g/mol. The highest BCUT2D eigenvalue weighted by Gasteiger charge is 2.23. The summed E-state index contributed by atoms with van der Waals surface area (Å²) in [5.41, 5.74) is 0.231. The molecule has 2 aromatic rings. The number of nitro groups is 1. The van der Waals surface area contributed by atoms with Crippen LogP contribution in [0.1, 0.15) is 23.5 Å². The highest BCUT2D eigenvalue weighted by molar-refractivity contribution is 9.10. The van der Waals surface area contributed by atoms with Gasteiger partial charge in [-0.2, -0.15) is 0 Å². The lowest BCUT2D eigenvalue weighted by Crippen LogP contribution is -2.04. The van der Waals surface area contributed by atoms with Crippen molar-refractivity contribution in [2.45, 2.75) is 19.6 Å². The van der Waals surface area contributed by atoms with Crippen molar-refractivity contribution in [3.05, 3.63) is 54.7 Å². The standard InChI is InChI=1S/C13H12BrNO4S/c1-8(16)11-5-9(14)6-12(15(17)18)13(11)19-7-10-3-2-4-20-10/h2-6,8,16H,7H2,1H3/t8-/m1/s1. The van der Waals surface area contributed by atoms with Crippen LogP contribution in [0.25, 0.3) is 0 Å². The van der Waals surface area contributed by atoms with E-state index in [9.17, 15) is 15.2 Å². The summed E-state index contributed by atoms with van der Waals surface area (Å²) in [6.07, 6.45) is -0.857. The third kappa shape index (κ3) is 3.36. The molecule has 1 heterocycles. The van der Waals surface area contributed by atoms with Gasteiger partial charge in [-0.05, 0) is 24.4 Å². The third-order valence-electron chi connectivity index (χ3n) is 2.65. The van der Waals surface area contributed by atoms with Gasteiger partial charge >= 0.3 is 5.69 Å². The molecule has 0 unspecified atom stereocenters. The molecule has 1 aromatic heterocycles. The topological polar surface area (TPSA) is 72.6 Å². The van der Waals surface area contributed by atoms with Gasteiger partial charge in [0, 0.05) is 21.0 Å². The molecule has 0 amide bonds. The van der Waals surface area contributed by atoms with E-state index in [1.807, 2.05) is 17.5 Å². The van der Waals surface area contributed by atoms with Crippen LogP contribution in [0.5, 0.6) is 5.75 Å². The molecule has 1 aromatic carbocycles. The maximum Gasteiger partial charge on any atom is 0.312 e. The zero-order valence-corrected chi connectivity index (χ0v) is 13.0. The van der Waals surface area contributed by atoms with Crippen molar-refractivity contribution in [2.24, 2.45) is 0 Å². The normalized spacial score (nSPS) is 12.2. The molecule has 1 atom stereocenters. The molecule has 0 fully saturated rings. The Bertz CT molecular complexity index is 613. The van der Waals surface area contributed by atoms with Crippen LogP contribution in [0.2, 0.25) is 0 Å². The number of ether oxygens (including phenoxy) is 1. The number of hydrogen-bond acceptors (Lipinski definition) is 5. The Labute approximate surface area is 128 Å². The van der Waals surface area contributed by atoms with Gasteiger partial charge in [0.25, 0.3) is 0 Å². The summed E-state index contributed by atoms with van der Waals surface area (Å²) in [4.78, 5) is 11.6. The molecular formula is C13H12BrNO4S. The monoisotopic (exact) mass is 357 g/mol. The second-order valence-corrected chi connectivity index (χ2v) is 6.09. The van der Waals surface area contributed by atoms with Gasteiger partial charge in [0.15, 0.2) is 0 Å². The van der Waals surface area contributed by atoms with E-state index in [4.69, 9.17) is 4.74 Å². The summed E-state index contributed by atoms with van der Waals surface area (Å²) in [5, 5.41) is 22.8. The lowest BCUT2D eigenvalue weighted by Gasteiger charge is -2.13. The largest absolute Gasteiger partial charge is 0.481 e. The first-order valence-electron chi connectivity index (χ1n) is 5.80. The quantitative estimate of drug-likeness (QED) is 0.646. The number of halogens is 1. The number of aliphatic hydroxyl groups is 1. The van der Waals surface area contributed by atoms with Crippen LogP contribution in [-0.2, 0) is 6.61 Å². The van der Waals surface area contributed by atoms with E-state index in [0.29, 0.717) is 10.0 Å². The Morgan fingerprint density at radius 3 is 2.85 bits per heavy atom. The van der Waals surface area contributed by atoms with E-state index in [0.717, 1.165) is 4.88 Å². The van der Waals surface area contributed by atoms with Crippen molar-refractivity contribution in [3.63, 3.8) is 0 Å². The fraction of sp³-hybridized carbons (Fsp3) is 0.231. The van der Waals surface area contributed by atoms with Crippen LogP contribution < -0.4 is 4.74 Å². The predicted octanol–water partition coefficient (Wildman–Crippen LogP) is 4.05. The number of nitro benzene ring substituents is 1. The Kier molecular flexibility index (Phi) is 4.74. The van der Waals surface area contributed by atoms with Gasteiger partial charge in [-0.3, -0.25) is 10.1 Å². The summed E-state index contributed by atoms with van der Waals surface area (Å²) >= 11 is 4.71. The van der Waals surface area contributed by atoms with Gasteiger partial charge in [-0.15, -0.1) is 11.3 Å². The van der Waals surface area contributed by atoms with Crippen molar-refractivity contribution >= 4 is 33.0 Å². The lowest BCUT2D eigenvalue weighted by atomic mass is 10.1. The number of aliphatic hydroxyl groups excluding tert-OH is 1. The van der Waals surface area contributed by atoms with E-state index in [-0.39, 0.29) is 18.0 Å². The molecule has 0 bridgehead atoms. The molecule has 0 aliphatic heterocycles. The minimum Gasteiger partial charge on any atom is -0.481 e. The fourth-order valence-electron chi connectivity index (χ4n) is 1.74. The molecule has 0 aliphatic rings. The highest BCUT2D eigenvalue weighted by Crippen LogP contribution is 2.38. The molecule has 106 valence electrons. The van der Waals surface area contributed by atoms with Crippen molar-refractivity contribution in [1.82, 2.24) is 0 Å². The van der Waals surface area contributed by atoms with Crippen LogP contribution >= 0.6 is 27.3 Å². The van der Waals surface area contributed by atoms with E-state index in [2.05, 4.69) is 15.9 Å². The molecule has 0 saturated heterocycles. The van der Waals surface area contributed by atoms with E-state index in [1.54, 1.807) is 13.0 Å². The molecule has 1 N–H and O–H groups in total. The third-order valence-corrected chi connectivity index (χ3v) is 3.96. The van der Waals surface area contributed by atoms with Gasteiger partial charge in [0.05, 0.1) is 11.0 Å². The molecule has 7 heteroatoms. The summed E-state index contributed by atoms with van der Waals surface area (Å²) in [7, 11) is 0. The van der Waals surface area contributed by atoms with Crippen LogP contribution in [0.4, 0.5) is 5.69 Å². The maximum atomic E-state index is 11.1. The number of thiophene rings is 1. The minimum absolute atomic E-state index is 0.113. The molecule has 0 radical (unpaired) electrons. The summed E-state index contributed by atoms with van der Waals surface area (Å²) in [5.74, 6) is 0.113. The molecule has 2 rings (SSSR count). The number of nitrogens with zero attached hydrogens (tertiary/aromatic N) is 1. The SMILES string of the molecule is C[C@@H](O)c1cc(Br)cc([N+](=O)[O-])c1OCc1cccs1. The summed E-state index contributed by atoms with van der Waals surface area (Å²) in [6.45, 7) is 1.78. The first-order valence-corrected chi connectivity index (χ1v) is 7.47. The van der Waals surface area contributed by atoms with Gasteiger partial charge in [-0.25, -0.2) is 0 Å². The maximum absolute atomic E-state index is 11.1. The lowest BCUT2D eigenvalue weighted by molar-refractivity contribution is -0.386. The molecule has 20 heavy (non-hydrogen) atoms. The Hall–Kier alpha value is -1.44. The van der Waals surface area contributed by atoms with Gasteiger partial charge in [-0.1, -0.05) is 22.0 Å². The number of benzene rings is 1. The zero-order valence-electron chi connectivity index (χ0n) is 10.6. The summed E-state index contributed by atoms with van der Waals surface area (Å²) in [6, 6.07) is 6.77. The van der Waals surface area contributed by atoms with Crippen LogP contribution in [0.3, 0.4) is 0 Å². The van der Waals surface area contributed by atoms with Crippen LogP contribution in [0.15, 0.2) is 34.1 Å². The summed E-state index contributed by atoms with van der Waals surface area (Å²) < 4.78 is 6.11. The fourth-order valence-corrected chi connectivity index (χ4v) is 2.82. The Morgan fingerprint density at radius 2 is 2.30 bits per heavy atom. The van der Waals surface area contributed by atoms with Crippen LogP contribution in [0, 0.1) is 10.1 Å². The molecule has 0 spiro atoms. The minimum atomic E-state index is -0.857. The van der Waals surface area contributed by atoms with Crippen molar-refractivity contribution in [1.29, 1.82) is 0 Å². The predicted molar refractivity (Wildman–Crippen MR) is 80.1 cm³/mol. The first-order chi connectivity index (χ1) is 9.49. The van der Waals surface area contributed by atoms with E-state index < -0.39 is 11.0 Å². The number of rotatable bonds is 5. The van der Waals surface area contributed by atoms with Gasteiger partial charge < -0.3 is 9.84 Å². The van der Waals surface area contributed by atoms with E-state index in [1.165, 1.54) is 17.4 Å². The first kappa shape index (κ1) is 15.0. The van der Waals surface area contributed by atoms with Crippen molar-refractivity contribution in [2.75, 3.05) is 0 Å². The van der Waals surface area contributed by atoms with E-state index >= 15 is 0 Å². The van der Waals surface area contributed by atoms with Crippen LogP contribution in [-0.4, -0.2) is 10.0 Å². The highest BCUT2D eigenvalue weighted by atomic mass is 79.9. The Morgan fingerprint density at radius 1 is 1.55 bits per heavy atom. The van der Waals surface area contributed by atoms with Gasteiger partial charge in [0.1, 0.15) is 6.61 Å². The average Bonchev–Trinajstić information content (AvgIpc) is 2.89. The molecule has 0 saturated carbocycles. The Balaban J connectivity index is 2.39. The van der Waals surface area contributed by atoms with Crippen molar-refractivity contribution < 1.29 is 14.8 Å². The number of hydrogen-bond donors (Lipinski definition) is 1.